The first kappa shape index (κ1) is 11.2. The molecular weight excluding hydrogens is 171 g/mol. The third-order valence-corrected chi connectivity index (χ3v) is 0.595. The van der Waals surface area contributed by atoms with Crippen LogP contribution in [0.1, 0.15) is 0 Å². The minimum Gasteiger partial charge on any atom is -0.483 e. The van der Waals surface area contributed by atoms with Crippen LogP contribution in [0.15, 0.2) is 0 Å². The molecule has 0 amide bonds. The van der Waals surface area contributed by atoms with E-state index in [1.54, 1.807) is 0 Å². The van der Waals surface area contributed by atoms with E-state index in [2.05, 4.69) is 23.2 Å². The van der Waals surface area contributed by atoms with Gasteiger partial charge in [-0.3, -0.25) is 14.4 Å². The molecule has 0 atom stereocenters. The lowest BCUT2D eigenvalue weighted by Crippen LogP contribution is -1.94. The molecule has 6 heteroatoms. The van der Waals surface area contributed by atoms with Gasteiger partial charge in [0.25, 0.3) is 6.47 Å². The van der Waals surface area contributed by atoms with Crippen molar-refractivity contribution in [2.45, 2.75) is 0 Å². The maximum absolute atomic E-state index is 9.43. The van der Waals surface area contributed by atoms with Gasteiger partial charge in [-0.05, 0) is 23.2 Å². The highest BCUT2D eigenvalue weighted by molar-refractivity contribution is 6.97. The van der Waals surface area contributed by atoms with Gasteiger partial charge in [0.1, 0.15) is 0 Å². The Morgan fingerprint density at radius 3 is 1.33 bits per heavy atom. The molecule has 0 saturated heterocycles. The zero-order chi connectivity index (χ0) is 7.86. The lowest BCUT2D eigenvalue weighted by atomic mass is 10.9. The Labute approximate surface area is 60.4 Å². The molecule has 0 aromatic carbocycles. The molecule has 0 aromatic heterocycles. The molecule has 0 unspecified atom stereocenters. The highest BCUT2D eigenvalue weighted by Gasteiger charge is 2.01. The van der Waals surface area contributed by atoms with Crippen LogP contribution in [-0.4, -0.2) is 22.1 Å². The largest absolute Gasteiger partial charge is 0.483 e. The molecule has 0 saturated carbocycles. The van der Waals surface area contributed by atoms with Crippen molar-refractivity contribution < 1.29 is 19.5 Å². The molecule has 0 aliphatic rings. The van der Waals surface area contributed by atoms with Crippen molar-refractivity contribution in [1.29, 1.82) is 0 Å². The summed E-state index contributed by atoms with van der Waals surface area (Å²) in [6, 6.07) is 0. The van der Waals surface area contributed by atoms with Gasteiger partial charge < -0.3 is 5.11 Å². The van der Waals surface area contributed by atoms with Crippen LogP contribution in [0.25, 0.3) is 0 Å². The first-order valence-electron chi connectivity index (χ1n) is 1.53. The third-order valence-electron chi connectivity index (χ3n) is 0.155. The normalized spacial score (nSPS) is 6.44. The maximum atomic E-state index is 9.43. The minimum atomic E-state index is -1.14. The first-order chi connectivity index (χ1) is 4.06. The van der Waals surface area contributed by atoms with E-state index >= 15 is 0 Å². The number of carbonyl (C=O) groups is 3. The monoisotopic (exact) mass is 172 g/mol. The summed E-state index contributed by atoms with van der Waals surface area (Å²) < 4.78 is 0. The van der Waals surface area contributed by atoms with Crippen LogP contribution in [-0.2, 0) is 14.4 Å². The molecule has 0 spiro atoms. The van der Waals surface area contributed by atoms with Gasteiger partial charge in [-0.25, -0.2) is 0 Å². The minimum absolute atomic E-state index is 0.250. The van der Waals surface area contributed by atoms with Crippen LogP contribution in [0.5, 0.6) is 0 Å². The number of carbonyl (C=O) groups excluding carboxylic acids is 2. The lowest BCUT2D eigenvalue weighted by Gasteiger charge is -1.67. The second-order valence-electron chi connectivity index (χ2n) is 0.653. The molecule has 0 aliphatic carbocycles. The van der Waals surface area contributed by atoms with Crippen LogP contribution in [0.3, 0.4) is 0 Å². The summed E-state index contributed by atoms with van der Waals surface area (Å²) in [6.45, 7) is -0.250. The number of hydrogen-bond acceptors (Lipinski definition) is 3. The summed E-state index contributed by atoms with van der Waals surface area (Å²) in [4.78, 5) is 27.2. The molecule has 0 heterocycles. The van der Waals surface area contributed by atoms with Crippen LogP contribution in [0.4, 0.5) is 0 Å². The van der Waals surface area contributed by atoms with E-state index in [0.717, 1.165) is 0 Å². The summed E-state index contributed by atoms with van der Waals surface area (Å²) >= 11 is 8.98. The summed E-state index contributed by atoms with van der Waals surface area (Å²) in [5, 5.41) is 4.60. The van der Waals surface area contributed by atoms with Gasteiger partial charge in [-0.15, -0.1) is 0 Å². The van der Waals surface area contributed by atoms with Gasteiger partial charge in [0.2, 0.25) is 0 Å². The molecular formula is C3H2Cl2O4. The average molecular weight is 173 g/mol. The van der Waals surface area contributed by atoms with Crippen molar-refractivity contribution >= 4 is 40.2 Å². The van der Waals surface area contributed by atoms with E-state index in [0.29, 0.717) is 0 Å². The smallest absolute Gasteiger partial charge is 0.304 e. The Morgan fingerprint density at radius 1 is 1.22 bits per heavy atom. The molecule has 52 valence electrons. The molecule has 0 rings (SSSR count). The Kier molecular flexibility index (Phi) is 9.21. The number of halogens is 2. The highest BCUT2D eigenvalue weighted by atomic mass is 35.5. The molecule has 9 heavy (non-hydrogen) atoms. The summed E-state index contributed by atoms with van der Waals surface area (Å²) in [5.41, 5.74) is 0. The zero-order valence-electron chi connectivity index (χ0n) is 4.01. The van der Waals surface area contributed by atoms with E-state index in [1.165, 1.54) is 0 Å². The fraction of sp³-hybridized carbons (Fsp3) is 0. The molecule has 1 N–H and O–H groups in total. The van der Waals surface area contributed by atoms with Gasteiger partial charge >= 0.3 is 10.5 Å². The first-order valence-corrected chi connectivity index (χ1v) is 2.29. The Morgan fingerprint density at radius 2 is 1.33 bits per heavy atom. The molecule has 0 aromatic rings. The number of carboxylic acid groups (broad SMARTS) is 1. The summed E-state index contributed by atoms with van der Waals surface area (Å²) in [7, 11) is 0. The van der Waals surface area contributed by atoms with Gasteiger partial charge in [0.05, 0.1) is 0 Å². The van der Waals surface area contributed by atoms with Crippen LogP contribution in [0.2, 0.25) is 0 Å². The molecule has 0 bridgehead atoms. The SMILES string of the molecule is O=C(Cl)C(=O)Cl.O=CO. The Balaban J connectivity index is 0. The maximum Gasteiger partial charge on any atom is 0.304 e. The Bertz CT molecular complexity index is 109. The van der Waals surface area contributed by atoms with E-state index < -0.39 is 10.5 Å². The lowest BCUT2D eigenvalue weighted by molar-refractivity contribution is -0.127. The van der Waals surface area contributed by atoms with Gasteiger partial charge in [-0.2, -0.15) is 0 Å². The Hall–Kier alpha value is -0.610. The van der Waals surface area contributed by atoms with E-state index in [9.17, 15) is 9.59 Å². The van der Waals surface area contributed by atoms with Crippen molar-refractivity contribution in [2.75, 3.05) is 0 Å². The van der Waals surface area contributed by atoms with Gasteiger partial charge in [0.15, 0.2) is 0 Å². The average Bonchev–Trinajstić information content (AvgIpc) is 1.68. The van der Waals surface area contributed by atoms with Crippen molar-refractivity contribution in [3.05, 3.63) is 0 Å². The van der Waals surface area contributed by atoms with Crippen molar-refractivity contribution in [1.82, 2.24) is 0 Å². The summed E-state index contributed by atoms with van der Waals surface area (Å²) in [6.07, 6.45) is 0. The van der Waals surface area contributed by atoms with Crippen LogP contribution >= 0.6 is 23.2 Å². The standard InChI is InChI=1S/C2Cl2O2.CH2O2/c3-1(5)2(4)6;2-1-3/h;1H,(H,2,3). The van der Waals surface area contributed by atoms with Gasteiger partial charge in [0, 0.05) is 0 Å². The van der Waals surface area contributed by atoms with E-state index in [4.69, 9.17) is 9.90 Å². The highest BCUT2D eigenvalue weighted by Crippen LogP contribution is 1.84. The fourth-order valence-electron chi connectivity index (χ4n) is 0. The van der Waals surface area contributed by atoms with Crippen molar-refractivity contribution in [3.8, 4) is 0 Å². The zero-order valence-corrected chi connectivity index (χ0v) is 5.52. The molecule has 0 radical (unpaired) electrons. The molecule has 4 nitrogen and oxygen atoms in total. The number of rotatable bonds is 1. The van der Waals surface area contributed by atoms with E-state index in [-0.39, 0.29) is 6.47 Å². The second-order valence-corrected chi connectivity index (χ2v) is 1.34. The summed E-state index contributed by atoms with van der Waals surface area (Å²) in [5.74, 6) is 0. The fourth-order valence-corrected chi connectivity index (χ4v) is 0. The second kappa shape index (κ2) is 7.39. The van der Waals surface area contributed by atoms with Crippen molar-refractivity contribution in [3.63, 3.8) is 0 Å². The quantitative estimate of drug-likeness (QED) is 0.349. The van der Waals surface area contributed by atoms with Gasteiger partial charge in [-0.1, -0.05) is 0 Å². The van der Waals surface area contributed by atoms with E-state index in [1.807, 2.05) is 0 Å². The predicted octanol–water partition coefficient (Wildman–Crippen LogP) is 0.218. The molecule has 0 aliphatic heterocycles. The third kappa shape index (κ3) is 18.7. The predicted molar refractivity (Wildman–Crippen MR) is 30.4 cm³/mol. The van der Waals surface area contributed by atoms with Crippen LogP contribution in [0, 0.1) is 0 Å². The van der Waals surface area contributed by atoms with Crippen LogP contribution < -0.4 is 0 Å². The number of hydrogen-bond donors (Lipinski definition) is 1. The molecule has 0 fully saturated rings. The topological polar surface area (TPSA) is 71.4 Å². The van der Waals surface area contributed by atoms with Crippen molar-refractivity contribution in [2.24, 2.45) is 0 Å².